The zero-order valence-electron chi connectivity index (χ0n) is 9.79. The van der Waals surface area contributed by atoms with Crippen LogP contribution in [0.5, 0.6) is 0 Å². The van der Waals surface area contributed by atoms with E-state index in [1.807, 2.05) is 0 Å². The molecular formula is C13H17FN2O. The predicted octanol–water partition coefficient (Wildman–Crippen LogP) is 1.84. The van der Waals surface area contributed by atoms with Crippen molar-refractivity contribution in [2.75, 3.05) is 18.0 Å². The molecule has 0 fully saturated rings. The van der Waals surface area contributed by atoms with Gasteiger partial charge in [0.05, 0.1) is 0 Å². The Balaban J connectivity index is 2.19. The molecule has 4 heteroatoms. The molecule has 2 rings (SSSR count). The van der Waals surface area contributed by atoms with E-state index in [9.17, 15) is 9.18 Å². The van der Waals surface area contributed by atoms with Crippen molar-refractivity contribution in [2.45, 2.75) is 25.7 Å². The molecule has 0 unspecified atom stereocenters. The predicted molar refractivity (Wildman–Crippen MR) is 65.4 cm³/mol. The van der Waals surface area contributed by atoms with Gasteiger partial charge in [-0.05, 0) is 49.6 Å². The second-order valence-electron chi connectivity index (χ2n) is 4.31. The summed E-state index contributed by atoms with van der Waals surface area (Å²) in [5, 5.41) is 0. The smallest absolute Gasteiger partial charge is 0.227 e. The summed E-state index contributed by atoms with van der Waals surface area (Å²) in [4.78, 5) is 13.7. The van der Waals surface area contributed by atoms with Gasteiger partial charge in [-0.3, -0.25) is 4.79 Å². The molecule has 1 amide bonds. The van der Waals surface area contributed by atoms with E-state index in [0.29, 0.717) is 19.4 Å². The highest BCUT2D eigenvalue weighted by atomic mass is 19.1. The average Bonchev–Trinajstić information content (AvgIpc) is 2.34. The maximum absolute atomic E-state index is 13.1. The number of carbonyl (C=O) groups excluding carboxylic acids is 1. The van der Waals surface area contributed by atoms with Crippen molar-refractivity contribution < 1.29 is 9.18 Å². The number of carbonyl (C=O) groups is 1. The van der Waals surface area contributed by atoms with Crippen LogP contribution in [0, 0.1) is 5.82 Å². The Kier molecular flexibility index (Phi) is 3.74. The number of nitrogens with zero attached hydrogens (tertiary/aromatic N) is 1. The number of hydrogen-bond donors (Lipinski definition) is 1. The second-order valence-corrected chi connectivity index (χ2v) is 4.31. The van der Waals surface area contributed by atoms with Gasteiger partial charge in [-0.1, -0.05) is 0 Å². The minimum absolute atomic E-state index is 0.0861. The van der Waals surface area contributed by atoms with Crippen molar-refractivity contribution in [3.05, 3.63) is 29.6 Å². The molecule has 17 heavy (non-hydrogen) atoms. The van der Waals surface area contributed by atoms with E-state index in [4.69, 9.17) is 5.73 Å². The van der Waals surface area contributed by atoms with Crippen LogP contribution < -0.4 is 10.6 Å². The van der Waals surface area contributed by atoms with Gasteiger partial charge in [-0.25, -0.2) is 4.39 Å². The van der Waals surface area contributed by atoms with Crippen LogP contribution >= 0.6 is 0 Å². The summed E-state index contributed by atoms with van der Waals surface area (Å²) in [6, 6.07) is 4.63. The van der Waals surface area contributed by atoms with Gasteiger partial charge in [-0.2, -0.15) is 0 Å². The Hall–Kier alpha value is -1.42. The van der Waals surface area contributed by atoms with Crippen LogP contribution in [0.1, 0.15) is 24.8 Å². The fourth-order valence-corrected chi connectivity index (χ4v) is 2.21. The van der Waals surface area contributed by atoms with Crippen LogP contribution in [0.4, 0.5) is 10.1 Å². The average molecular weight is 236 g/mol. The topological polar surface area (TPSA) is 46.3 Å². The number of halogens is 1. The first-order valence-electron chi connectivity index (χ1n) is 6.01. The van der Waals surface area contributed by atoms with Crippen molar-refractivity contribution >= 4 is 11.6 Å². The third-order valence-corrected chi connectivity index (χ3v) is 3.06. The summed E-state index contributed by atoms with van der Waals surface area (Å²) in [7, 11) is 0. The third-order valence-electron chi connectivity index (χ3n) is 3.06. The monoisotopic (exact) mass is 236 g/mol. The normalized spacial score (nSPS) is 14.6. The van der Waals surface area contributed by atoms with Crippen LogP contribution in [-0.4, -0.2) is 19.0 Å². The zero-order chi connectivity index (χ0) is 12.3. The van der Waals surface area contributed by atoms with Gasteiger partial charge in [0.15, 0.2) is 0 Å². The molecule has 0 aliphatic carbocycles. The van der Waals surface area contributed by atoms with Crippen LogP contribution in [0.3, 0.4) is 0 Å². The SMILES string of the molecule is NCCCC(=O)N1CCCc2cc(F)ccc21. The van der Waals surface area contributed by atoms with Crippen LogP contribution in [0.2, 0.25) is 0 Å². The minimum atomic E-state index is -0.236. The van der Waals surface area contributed by atoms with Gasteiger partial charge in [0.2, 0.25) is 5.91 Å². The lowest BCUT2D eigenvalue weighted by atomic mass is 10.0. The molecule has 0 saturated carbocycles. The highest BCUT2D eigenvalue weighted by Crippen LogP contribution is 2.28. The number of amides is 1. The molecule has 1 aromatic rings. The Morgan fingerprint density at radius 1 is 1.47 bits per heavy atom. The largest absolute Gasteiger partial charge is 0.330 e. The molecule has 3 nitrogen and oxygen atoms in total. The number of aryl methyl sites for hydroxylation is 1. The van der Waals surface area contributed by atoms with E-state index in [1.54, 1.807) is 11.0 Å². The van der Waals surface area contributed by atoms with E-state index in [1.165, 1.54) is 12.1 Å². The Labute approximate surface area is 100 Å². The lowest BCUT2D eigenvalue weighted by Gasteiger charge is -2.29. The second kappa shape index (κ2) is 5.27. The van der Waals surface area contributed by atoms with Gasteiger partial charge in [-0.15, -0.1) is 0 Å². The van der Waals surface area contributed by atoms with Crippen molar-refractivity contribution in [3.63, 3.8) is 0 Å². The number of fused-ring (bicyclic) bond motifs is 1. The first-order valence-corrected chi connectivity index (χ1v) is 6.01. The quantitative estimate of drug-likeness (QED) is 0.870. The molecule has 1 aromatic carbocycles. The molecule has 92 valence electrons. The van der Waals surface area contributed by atoms with Crippen molar-refractivity contribution in [2.24, 2.45) is 5.73 Å². The lowest BCUT2D eigenvalue weighted by molar-refractivity contribution is -0.118. The number of nitrogens with two attached hydrogens (primary N) is 1. The summed E-state index contributed by atoms with van der Waals surface area (Å²) < 4.78 is 13.1. The van der Waals surface area contributed by atoms with Crippen LogP contribution in [0.25, 0.3) is 0 Å². The molecule has 0 saturated heterocycles. The maximum Gasteiger partial charge on any atom is 0.227 e. The first kappa shape index (κ1) is 12.0. The number of rotatable bonds is 3. The van der Waals surface area contributed by atoms with E-state index >= 15 is 0 Å². The molecule has 1 aliphatic heterocycles. The molecular weight excluding hydrogens is 219 g/mol. The van der Waals surface area contributed by atoms with Crippen LogP contribution in [0.15, 0.2) is 18.2 Å². The van der Waals surface area contributed by atoms with Gasteiger partial charge in [0.25, 0.3) is 0 Å². The number of hydrogen-bond acceptors (Lipinski definition) is 2. The van der Waals surface area contributed by atoms with Gasteiger partial charge >= 0.3 is 0 Å². The molecule has 0 aromatic heterocycles. The molecule has 0 bridgehead atoms. The standard InChI is InChI=1S/C13H17FN2O/c14-11-5-6-12-10(9-11)3-2-8-16(12)13(17)4-1-7-15/h5-6,9H,1-4,7-8,15H2. The summed E-state index contributed by atoms with van der Waals surface area (Å²) >= 11 is 0. The fourth-order valence-electron chi connectivity index (χ4n) is 2.21. The summed E-state index contributed by atoms with van der Waals surface area (Å²) in [6.07, 6.45) is 2.90. The van der Waals surface area contributed by atoms with E-state index in [-0.39, 0.29) is 11.7 Å². The fraction of sp³-hybridized carbons (Fsp3) is 0.462. The molecule has 1 heterocycles. The Bertz CT molecular complexity index is 420. The van der Waals surface area contributed by atoms with Gasteiger partial charge in [0, 0.05) is 18.7 Å². The summed E-state index contributed by atoms with van der Waals surface area (Å²) in [5.74, 6) is -0.150. The molecule has 0 spiro atoms. The van der Waals surface area contributed by atoms with E-state index in [2.05, 4.69) is 0 Å². The van der Waals surface area contributed by atoms with Crippen molar-refractivity contribution in [3.8, 4) is 0 Å². The summed E-state index contributed by atoms with van der Waals surface area (Å²) in [6.45, 7) is 1.25. The minimum Gasteiger partial charge on any atom is -0.330 e. The molecule has 0 atom stereocenters. The van der Waals surface area contributed by atoms with Crippen molar-refractivity contribution in [1.29, 1.82) is 0 Å². The molecule has 1 aliphatic rings. The number of benzene rings is 1. The first-order chi connectivity index (χ1) is 8.22. The lowest BCUT2D eigenvalue weighted by Crippen LogP contribution is -2.35. The Morgan fingerprint density at radius 3 is 3.06 bits per heavy atom. The van der Waals surface area contributed by atoms with Gasteiger partial charge in [0.1, 0.15) is 5.82 Å². The van der Waals surface area contributed by atoms with Gasteiger partial charge < -0.3 is 10.6 Å². The number of anilines is 1. The highest BCUT2D eigenvalue weighted by Gasteiger charge is 2.22. The summed E-state index contributed by atoms with van der Waals surface area (Å²) in [5.41, 5.74) is 7.19. The van der Waals surface area contributed by atoms with Crippen molar-refractivity contribution in [1.82, 2.24) is 0 Å². The van der Waals surface area contributed by atoms with E-state index < -0.39 is 0 Å². The zero-order valence-corrected chi connectivity index (χ0v) is 9.79. The third kappa shape index (κ3) is 2.64. The van der Waals surface area contributed by atoms with Crippen LogP contribution in [-0.2, 0) is 11.2 Å². The van der Waals surface area contributed by atoms with E-state index in [0.717, 1.165) is 30.6 Å². The Morgan fingerprint density at radius 2 is 2.29 bits per heavy atom. The highest BCUT2D eigenvalue weighted by molar-refractivity contribution is 5.94. The maximum atomic E-state index is 13.1. The molecule has 0 radical (unpaired) electrons. The molecule has 2 N–H and O–H groups in total.